The molecule has 0 amide bonds. The summed E-state index contributed by atoms with van der Waals surface area (Å²) in [4.78, 5) is 39.0. The average molecular weight is 1150 g/mol. The number of aliphatic hydroxyl groups excluding tert-OH is 2. The fraction of sp³-hybridized carbons (Fsp3) is 0.351. The highest BCUT2D eigenvalue weighted by atomic mass is 32.1. The van der Waals surface area contributed by atoms with Crippen LogP contribution in [-0.2, 0) is 19.4 Å². The number of methoxy groups -OCH3 is 2. The molecule has 0 spiro atoms. The molecular weight excluding hydrogens is 1100 g/mol. The Bertz CT molecular complexity index is 3550. The number of nitrogens with one attached hydrogen (secondary N) is 1. The highest BCUT2D eigenvalue weighted by Gasteiger charge is 2.38. The fourth-order valence-electron chi connectivity index (χ4n) is 10.1. The number of rotatable bonds is 14. The van der Waals surface area contributed by atoms with Crippen LogP contribution in [0.1, 0.15) is 81.3 Å². The number of hydrogen-bond acceptors (Lipinski definition) is 18. The molecule has 7 atom stereocenters. The number of benzene rings is 2. The second-order valence-corrected chi connectivity index (χ2v) is 21.9. The number of anilines is 1. The van der Waals surface area contributed by atoms with E-state index in [-0.39, 0.29) is 51.1 Å². The molecule has 422 valence electrons. The van der Waals surface area contributed by atoms with Crippen molar-refractivity contribution in [2.24, 2.45) is 11.7 Å². The molecule has 2 aliphatic carbocycles. The number of halogens is 6. The van der Waals surface area contributed by atoms with Crippen molar-refractivity contribution in [3.63, 3.8) is 0 Å². The summed E-state index contributed by atoms with van der Waals surface area (Å²) in [5, 5.41) is 43.7. The lowest BCUT2D eigenvalue weighted by Crippen LogP contribution is -2.38. The number of carbonyl (C=O) groups is 1. The third kappa shape index (κ3) is 14.8. The van der Waals surface area contributed by atoms with Gasteiger partial charge in [0.1, 0.15) is 46.6 Å². The first-order chi connectivity index (χ1) is 38.7. The number of pyridine rings is 2. The van der Waals surface area contributed by atoms with Crippen LogP contribution in [0.5, 0.6) is 11.5 Å². The van der Waals surface area contributed by atoms with Crippen molar-refractivity contribution < 1.29 is 50.8 Å². The summed E-state index contributed by atoms with van der Waals surface area (Å²) in [6.07, 6.45) is -2.42. The molecule has 16 nitrogen and oxygen atoms in total. The highest BCUT2D eigenvalue weighted by molar-refractivity contribution is 7.19. The van der Waals surface area contributed by atoms with Gasteiger partial charge in [-0.1, -0.05) is 55.5 Å². The Balaban J connectivity index is 0.000000177. The number of nitriles is 2. The van der Waals surface area contributed by atoms with Gasteiger partial charge in [-0.05, 0) is 72.6 Å². The number of alkyl halides is 6. The van der Waals surface area contributed by atoms with E-state index in [4.69, 9.17) is 25.7 Å². The van der Waals surface area contributed by atoms with Gasteiger partial charge in [0.05, 0.1) is 56.4 Å². The molecular formula is C57H55F6N11O5S2. The van der Waals surface area contributed by atoms with E-state index in [1.807, 2.05) is 67.4 Å². The van der Waals surface area contributed by atoms with Gasteiger partial charge in [0, 0.05) is 75.8 Å². The summed E-state index contributed by atoms with van der Waals surface area (Å²) < 4.78 is 86.9. The summed E-state index contributed by atoms with van der Waals surface area (Å²) >= 11 is 2.05. The van der Waals surface area contributed by atoms with Crippen LogP contribution in [0.25, 0.3) is 42.7 Å². The van der Waals surface area contributed by atoms with Crippen LogP contribution < -0.4 is 25.4 Å². The summed E-state index contributed by atoms with van der Waals surface area (Å²) in [5.41, 5.74) is 12.3. The van der Waals surface area contributed by atoms with E-state index in [0.29, 0.717) is 81.2 Å². The standard InChI is InChI=1S/C28H27F3N6O2S.C15H18F3N3OS.C14H10N2O2/c1-37(26-21-10-20(11-28(29,30)31)40-27(21)36-15-35-26)23-8-19(9-24(23)38)33-13-16-3-5-17(6-4-16)18-7-25(39-2)22(12-32)34-14-18;1-7(10-2-8(19)3-12(10)22)13-11-4-9(5-15(16,17)18)23-14(11)21-6-20-13;1-18-14-6-12(8-16-13(14)7-15)11-4-2-10(9-17)3-5-11/h3-7,10,14-15,19,23-24,33,38H,8-9,11,13H2,1-2H3;4,6-8,10,12,22H,2-3,5,19H2,1H3;2-6,8-9H,1H3/t19-,23+,24-;7?,8-,10-,12-;/m11./s1. The second kappa shape index (κ2) is 25.8. The topological polar surface area (TPSA) is 242 Å². The van der Waals surface area contributed by atoms with Gasteiger partial charge in [0.15, 0.2) is 22.9 Å². The van der Waals surface area contributed by atoms with Crippen LogP contribution in [0, 0.1) is 28.6 Å². The van der Waals surface area contributed by atoms with Gasteiger partial charge in [0.25, 0.3) is 0 Å². The summed E-state index contributed by atoms with van der Waals surface area (Å²) in [6.45, 7) is 2.54. The van der Waals surface area contributed by atoms with E-state index in [0.717, 1.165) is 56.8 Å². The van der Waals surface area contributed by atoms with Crippen molar-refractivity contribution in [3.8, 4) is 45.9 Å². The molecule has 0 bridgehead atoms. The fourth-order valence-corrected chi connectivity index (χ4v) is 12.2. The van der Waals surface area contributed by atoms with Crippen molar-refractivity contribution in [2.45, 2.75) is 101 Å². The van der Waals surface area contributed by atoms with Crippen molar-refractivity contribution >= 4 is 55.2 Å². The van der Waals surface area contributed by atoms with E-state index in [9.17, 15) is 41.4 Å². The SMILES string of the molecule is CC(c1ncnc2sc(CC(F)(F)F)cc12)[C@H]1C[C@@H](N)C[C@H]1O.COc1cc(-c2ccc(C=O)cc2)cnc1C#N.COc1cc(-c2ccc(CN[C@H]3C[C@@H](O)[C@@H](N(C)c4ncnc5sc(CC(F)(F)F)cc45)C3)cc2)cnc1C#N. The molecule has 81 heavy (non-hydrogen) atoms. The van der Waals surface area contributed by atoms with Gasteiger partial charge >= 0.3 is 12.4 Å². The van der Waals surface area contributed by atoms with E-state index in [2.05, 4.69) is 35.2 Å². The molecule has 2 aliphatic rings. The molecule has 6 heterocycles. The van der Waals surface area contributed by atoms with Crippen molar-refractivity contribution in [1.82, 2.24) is 35.2 Å². The lowest BCUT2D eigenvalue weighted by atomic mass is 9.87. The number of hydrogen-bond donors (Lipinski definition) is 4. The van der Waals surface area contributed by atoms with E-state index < -0.39 is 37.4 Å². The van der Waals surface area contributed by atoms with E-state index in [1.165, 1.54) is 39.0 Å². The maximum absolute atomic E-state index is 12.9. The van der Waals surface area contributed by atoms with E-state index in [1.54, 1.807) is 36.7 Å². The Hall–Kier alpha value is -7.71. The Morgan fingerprint density at radius 1 is 0.728 bits per heavy atom. The molecule has 0 radical (unpaired) electrons. The summed E-state index contributed by atoms with van der Waals surface area (Å²) in [5.74, 6) is 1.26. The zero-order valence-corrected chi connectivity index (χ0v) is 45.7. The third-order valence-electron chi connectivity index (χ3n) is 14.2. The van der Waals surface area contributed by atoms with Gasteiger partial charge in [-0.25, -0.2) is 29.9 Å². The average Bonchev–Trinajstić information content (AvgIpc) is 4.45. The molecule has 2 fully saturated rings. The van der Waals surface area contributed by atoms with Gasteiger partial charge in [-0.2, -0.15) is 36.9 Å². The Kier molecular flexibility index (Phi) is 18.9. The Labute approximate surface area is 469 Å². The first kappa shape index (κ1) is 59.4. The first-order valence-electron chi connectivity index (χ1n) is 25.4. The van der Waals surface area contributed by atoms with Crippen LogP contribution in [0.2, 0.25) is 0 Å². The lowest BCUT2D eigenvalue weighted by molar-refractivity contribution is -0.127. The second-order valence-electron chi connectivity index (χ2n) is 19.7. The van der Waals surface area contributed by atoms with Gasteiger partial charge in [-0.3, -0.25) is 4.79 Å². The van der Waals surface area contributed by atoms with Gasteiger partial charge < -0.3 is 35.6 Å². The van der Waals surface area contributed by atoms with Crippen LogP contribution >= 0.6 is 22.7 Å². The van der Waals surface area contributed by atoms with Crippen molar-refractivity contribution in [2.75, 3.05) is 26.2 Å². The Morgan fingerprint density at radius 2 is 1.26 bits per heavy atom. The molecule has 10 rings (SSSR count). The molecule has 0 saturated heterocycles. The van der Waals surface area contributed by atoms with Crippen molar-refractivity contribution in [3.05, 3.63) is 136 Å². The predicted molar refractivity (Wildman–Crippen MR) is 295 cm³/mol. The number of thiophene rings is 2. The molecule has 2 aromatic carbocycles. The van der Waals surface area contributed by atoms with Crippen LogP contribution in [-0.4, -0.2) is 110 Å². The summed E-state index contributed by atoms with van der Waals surface area (Å²) in [7, 11) is 4.81. The Morgan fingerprint density at radius 3 is 1.77 bits per heavy atom. The third-order valence-corrected chi connectivity index (χ3v) is 16.2. The largest absolute Gasteiger partial charge is 0.494 e. The quantitative estimate of drug-likeness (QED) is 0.0584. The molecule has 1 unspecified atom stereocenters. The molecule has 24 heteroatoms. The number of aromatic nitrogens is 6. The number of carbonyl (C=O) groups excluding carboxylic acids is 1. The number of likely N-dealkylation sites (N-methyl/N-ethyl adjacent to an activating group) is 1. The number of nitrogens with two attached hydrogens (primary N) is 1. The minimum absolute atomic E-state index is 0.0333. The number of ether oxygens (including phenoxy) is 2. The smallest absolute Gasteiger partial charge is 0.393 e. The molecule has 2 saturated carbocycles. The van der Waals surface area contributed by atoms with Gasteiger partial charge in [-0.15, -0.1) is 22.7 Å². The lowest BCUT2D eigenvalue weighted by Gasteiger charge is -2.28. The molecule has 0 aliphatic heterocycles. The van der Waals surface area contributed by atoms with Crippen LogP contribution in [0.15, 0.2) is 97.8 Å². The minimum Gasteiger partial charge on any atom is -0.494 e. The number of aliphatic hydroxyl groups is 2. The van der Waals surface area contributed by atoms with Crippen LogP contribution in [0.4, 0.5) is 32.2 Å². The van der Waals surface area contributed by atoms with Gasteiger partial charge in [0.2, 0.25) is 0 Å². The minimum atomic E-state index is -4.30. The van der Waals surface area contributed by atoms with Crippen LogP contribution in [0.3, 0.4) is 0 Å². The number of aldehydes is 1. The predicted octanol–water partition coefficient (Wildman–Crippen LogP) is 10.3. The molecule has 5 N–H and O–H groups in total. The molecule has 6 aromatic heterocycles. The van der Waals surface area contributed by atoms with E-state index >= 15 is 0 Å². The monoisotopic (exact) mass is 1150 g/mol. The maximum atomic E-state index is 12.9. The molecule has 8 aromatic rings. The maximum Gasteiger partial charge on any atom is 0.393 e. The number of fused-ring (bicyclic) bond motifs is 2. The highest BCUT2D eigenvalue weighted by Crippen LogP contribution is 2.41. The zero-order chi connectivity index (χ0) is 58.2. The normalized spacial score (nSPS) is 19.1. The zero-order valence-electron chi connectivity index (χ0n) is 44.1. The van der Waals surface area contributed by atoms with Crippen molar-refractivity contribution in [1.29, 1.82) is 10.5 Å². The number of nitrogens with zero attached hydrogens (tertiary/aromatic N) is 9. The first-order valence-corrected chi connectivity index (χ1v) is 27.0. The summed E-state index contributed by atoms with van der Waals surface area (Å²) in [6, 6.07) is 25.4.